The number of carbonyl (C=O) groups excluding carboxylic acids is 1. The van der Waals surface area contributed by atoms with Crippen LogP contribution in [0.2, 0.25) is 5.02 Å². The van der Waals surface area contributed by atoms with Gasteiger partial charge in [-0.3, -0.25) is 9.69 Å². The zero-order chi connectivity index (χ0) is 18.5. The van der Waals surface area contributed by atoms with Crippen molar-refractivity contribution in [2.24, 2.45) is 5.73 Å². The summed E-state index contributed by atoms with van der Waals surface area (Å²) in [5.41, 5.74) is 6.80. The van der Waals surface area contributed by atoms with Gasteiger partial charge >= 0.3 is 0 Å². The molecule has 1 aromatic heterocycles. The Balaban J connectivity index is 1.52. The minimum Gasteiger partial charge on any atom is -0.339 e. The smallest absolute Gasteiger partial charge is 0.241 e. The Morgan fingerprint density at radius 3 is 2.62 bits per heavy atom. The number of nitrogens with two attached hydrogens (primary N) is 1. The highest BCUT2D eigenvalue weighted by Gasteiger charge is 2.25. The topological polar surface area (TPSA) is 88.5 Å². The van der Waals surface area contributed by atoms with E-state index in [9.17, 15) is 4.79 Å². The molecule has 26 heavy (non-hydrogen) atoms. The molecule has 7 nitrogen and oxygen atoms in total. The molecule has 0 radical (unpaired) electrons. The van der Waals surface area contributed by atoms with E-state index in [0.29, 0.717) is 36.4 Å². The first-order valence-corrected chi connectivity index (χ1v) is 9.30. The first-order chi connectivity index (χ1) is 12.6. The standard InChI is InChI=1S/C18H24ClN5O2/c1-2-3-15(20)18(25)24-10-8-23(9-11-24)12-16-21-17(22-26-16)13-4-6-14(19)7-5-13/h4-7,15H,2-3,8-12,20H2,1H3. The van der Waals surface area contributed by atoms with Gasteiger partial charge in [0.05, 0.1) is 12.6 Å². The van der Waals surface area contributed by atoms with Crippen molar-refractivity contribution in [1.82, 2.24) is 19.9 Å². The van der Waals surface area contributed by atoms with E-state index in [4.69, 9.17) is 21.9 Å². The van der Waals surface area contributed by atoms with Crippen LogP contribution in [0, 0.1) is 0 Å². The Hall–Kier alpha value is -1.96. The molecule has 0 saturated carbocycles. The molecule has 0 bridgehead atoms. The van der Waals surface area contributed by atoms with Crippen molar-refractivity contribution in [3.63, 3.8) is 0 Å². The zero-order valence-electron chi connectivity index (χ0n) is 14.9. The fourth-order valence-corrected chi connectivity index (χ4v) is 3.15. The van der Waals surface area contributed by atoms with Gasteiger partial charge < -0.3 is 15.2 Å². The summed E-state index contributed by atoms with van der Waals surface area (Å²) in [5.74, 6) is 1.17. The SMILES string of the molecule is CCCC(N)C(=O)N1CCN(Cc2nc(-c3ccc(Cl)cc3)no2)CC1. The summed E-state index contributed by atoms with van der Waals surface area (Å²) >= 11 is 5.90. The van der Waals surface area contributed by atoms with Gasteiger partial charge in [-0.25, -0.2) is 0 Å². The number of halogens is 1. The van der Waals surface area contributed by atoms with Crippen LogP contribution in [-0.4, -0.2) is 58.1 Å². The lowest BCUT2D eigenvalue weighted by molar-refractivity contribution is -0.134. The van der Waals surface area contributed by atoms with Crippen LogP contribution < -0.4 is 5.73 Å². The molecule has 3 rings (SSSR count). The lowest BCUT2D eigenvalue weighted by atomic mass is 10.1. The third-order valence-corrected chi connectivity index (χ3v) is 4.78. The van der Waals surface area contributed by atoms with E-state index in [1.165, 1.54) is 0 Å². The van der Waals surface area contributed by atoms with Crippen LogP contribution in [0.4, 0.5) is 0 Å². The predicted octanol–water partition coefficient (Wildman–Crippen LogP) is 2.16. The molecule has 1 aliphatic heterocycles. The average molecular weight is 378 g/mol. The summed E-state index contributed by atoms with van der Waals surface area (Å²) in [6.07, 6.45) is 1.65. The molecule has 1 saturated heterocycles. The Labute approximate surface area is 158 Å². The molecule has 1 aliphatic rings. The maximum atomic E-state index is 12.3. The number of hydrogen-bond donors (Lipinski definition) is 1. The van der Waals surface area contributed by atoms with Gasteiger partial charge in [0, 0.05) is 36.8 Å². The molecule has 1 unspecified atom stereocenters. The number of amides is 1. The number of benzene rings is 1. The van der Waals surface area contributed by atoms with Gasteiger partial charge in [-0.05, 0) is 30.7 Å². The lowest BCUT2D eigenvalue weighted by Crippen LogP contribution is -2.52. The maximum absolute atomic E-state index is 12.3. The summed E-state index contributed by atoms with van der Waals surface area (Å²) in [6.45, 7) is 5.49. The Morgan fingerprint density at radius 2 is 1.96 bits per heavy atom. The molecule has 2 aromatic rings. The highest BCUT2D eigenvalue weighted by atomic mass is 35.5. The van der Waals surface area contributed by atoms with Crippen LogP contribution in [-0.2, 0) is 11.3 Å². The van der Waals surface area contributed by atoms with Gasteiger partial charge in [0.2, 0.25) is 17.6 Å². The minimum absolute atomic E-state index is 0.0503. The van der Waals surface area contributed by atoms with E-state index in [1.807, 2.05) is 24.0 Å². The fraction of sp³-hybridized carbons (Fsp3) is 0.500. The van der Waals surface area contributed by atoms with Crippen LogP contribution in [0.3, 0.4) is 0 Å². The van der Waals surface area contributed by atoms with Gasteiger partial charge in [-0.15, -0.1) is 0 Å². The van der Waals surface area contributed by atoms with Crippen LogP contribution >= 0.6 is 11.6 Å². The summed E-state index contributed by atoms with van der Waals surface area (Å²) in [4.78, 5) is 20.8. The van der Waals surface area contributed by atoms with Crippen molar-refractivity contribution in [3.05, 3.63) is 35.2 Å². The summed E-state index contributed by atoms with van der Waals surface area (Å²) in [6, 6.07) is 6.94. The predicted molar refractivity (Wildman–Crippen MR) is 99.5 cm³/mol. The molecule has 1 atom stereocenters. The van der Waals surface area contributed by atoms with E-state index >= 15 is 0 Å². The largest absolute Gasteiger partial charge is 0.339 e. The molecule has 0 spiro atoms. The van der Waals surface area contributed by atoms with E-state index in [0.717, 1.165) is 31.5 Å². The highest BCUT2D eigenvalue weighted by molar-refractivity contribution is 6.30. The molecule has 1 fully saturated rings. The van der Waals surface area contributed by atoms with E-state index in [-0.39, 0.29) is 11.9 Å². The molecule has 140 valence electrons. The van der Waals surface area contributed by atoms with Crippen LogP contribution in [0.25, 0.3) is 11.4 Å². The van der Waals surface area contributed by atoms with E-state index in [2.05, 4.69) is 15.0 Å². The Morgan fingerprint density at radius 1 is 1.27 bits per heavy atom. The number of nitrogens with zero attached hydrogens (tertiary/aromatic N) is 4. The van der Waals surface area contributed by atoms with Crippen molar-refractivity contribution >= 4 is 17.5 Å². The monoisotopic (exact) mass is 377 g/mol. The summed E-state index contributed by atoms with van der Waals surface area (Å²) < 4.78 is 5.36. The molecule has 2 heterocycles. The number of piperazine rings is 1. The Bertz CT molecular complexity index is 725. The van der Waals surface area contributed by atoms with Crippen molar-refractivity contribution in [1.29, 1.82) is 0 Å². The number of rotatable bonds is 6. The zero-order valence-corrected chi connectivity index (χ0v) is 15.7. The molecule has 8 heteroatoms. The fourth-order valence-electron chi connectivity index (χ4n) is 3.02. The second kappa shape index (κ2) is 8.62. The van der Waals surface area contributed by atoms with Crippen molar-refractivity contribution in [2.75, 3.05) is 26.2 Å². The van der Waals surface area contributed by atoms with Gasteiger partial charge in [0.15, 0.2) is 0 Å². The quantitative estimate of drug-likeness (QED) is 0.829. The normalized spacial score (nSPS) is 16.7. The Kier molecular flexibility index (Phi) is 6.24. The first kappa shape index (κ1) is 18.8. The lowest BCUT2D eigenvalue weighted by Gasteiger charge is -2.35. The summed E-state index contributed by atoms with van der Waals surface area (Å²) in [5, 5.41) is 4.70. The molecular formula is C18H24ClN5O2. The number of hydrogen-bond acceptors (Lipinski definition) is 6. The third-order valence-electron chi connectivity index (χ3n) is 4.53. The van der Waals surface area contributed by atoms with Crippen LogP contribution in [0.1, 0.15) is 25.7 Å². The van der Waals surface area contributed by atoms with Gasteiger partial charge in [-0.2, -0.15) is 4.98 Å². The number of carbonyl (C=O) groups is 1. The molecule has 1 amide bonds. The van der Waals surface area contributed by atoms with Crippen molar-refractivity contribution in [2.45, 2.75) is 32.4 Å². The second-order valence-corrected chi connectivity index (χ2v) is 6.95. The van der Waals surface area contributed by atoms with Crippen molar-refractivity contribution in [3.8, 4) is 11.4 Å². The maximum Gasteiger partial charge on any atom is 0.241 e. The summed E-state index contributed by atoms with van der Waals surface area (Å²) in [7, 11) is 0. The van der Waals surface area contributed by atoms with E-state index in [1.54, 1.807) is 12.1 Å². The van der Waals surface area contributed by atoms with Crippen LogP contribution in [0.5, 0.6) is 0 Å². The highest BCUT2D eigenvalue weighted by Crippen LogP contribution is 2.19. The van der Waals surface area contributed by atoms with E-state index < -0.39 is 0 Å². The molecule has 1 aromatic carbocycles. The third kappa shape index (κ3) is 4.60. The van der Waals surface area contributed by atoms with Crippen molar-refractivity contribution < 1.29 is 9.32 Å². The van der Waals surface area contributed by atoms with Crippen LogP contribution in [0.15, 0.2) is 28.8 Å². The van der Waals surface area contributed by atoms with Gasteiger partial charge in [0.25, 0.3) is 0 Å². The number of aromatic nitrogens is 2. The first-order valence-electron chi connectivity index (χ1n) is 8.92. The second-order valence-electron chi connectivity index (χ2n) is 6.52. The van der Waals surface area contributed by atoms with Gasteiger partial charge in [-0.1, -0.05) is 30.1 Å². The average Bonchev–Trinajstić information content (AvgIpc) is 3.11. The molecular weight excluding hydrogens is 354 g/mol. The molecule has 0 aliphatic carbocycles. The van der Waals surface area contributed by atoms with Gasteiger partial charge in [0.1, 0.15) is 0 Å². The molecule has 2 N–H and O–H groups in total. The minimum atomic E-state index is -0.385.